The number of piperidine rings is 1. The highest BCUT2D eigenvalue weighted by atomic mass is 32.2. The molecule has 0 radical (unpaired) electrons. The van der Waals surface area contributed by atoms with E-state index in [4.69, 9.17) is 18.9 Å². The first-order valence-corrected chi connectivity index (χ1v) is 56.6. The molecule has 5 fully saturated rings. The number of oxime groups is 1. The highest BCUT2D eigenvalue weighted by molar-refractivity contribution is 8.16. The number of piperazine rings is 1. The lowest BCUT2D eigenvalue weighted by molar-refractivity contribution is -0.0963. The minimum Gasteiger partial charge on any atom is -0.483 e. The first kappa shape index (κ1) is 194. The molecule has 0 unspecified atom stereocenters. The summed E-state index contributed by atoms with van der Waals surface area (Å²) in [5.41, 5.74) is 11.5. The Morgan fingerprint density at radius 3 is 0.825 bits per heavy atom. The molecule has 12 aliphatic heterocycles. The number of thioether (sulfide) groups is 4. The fourth-order valence-corrected chi connectivity index (χ4v) is 8.99. The maximum Gasteiger partial charge on any atom is 0.257 e. The molecule has 0 aromatic rings. The summed E-state index contributed by atoms with van der Waals surface area (Å²) in [4.78, 5) is 28.1. The van der Waals surface area contributed by atoms with Gasteiger partial charge in [0.1, 0.15) is 13.1 Å². The van der Waals surface area contributed by atoms with E-state index in [0.717, 1.165) is 104 Å². The predicted octanol–water partition coefficient (Wildman–Crippen LogP) is 32.0. The summed E-state index contributed by atoms with van der Waals surface area (Å²) in [6.45, 7) is 122. The third-order valence-corrected chi connectivity index (χ3v) is 13.3. The molecule has 1 saturated carbocycles. The molecule has 13 rings (SSSR count). The zero-order chi connectivity index (χ0) is 104. The van der Waals surface area contributed by atoms with Gasteiger partial charge in [0.05, 0.1) is 62.9 Å². The van der Waals surface area contributed by atoms with Crippen LogP contribution in [-0.2, 0) is 38.1 Å². The summed E-state index contributed by atoms with van der Waals surface area (Å²) in [6.07, 6.45) is 28.5. The summed E-state index contributed by atoms with van der Waals surface area (Å²) in [7, 11) is 0. The molecule has 0 amide bonds. The van der Waals surface area contributed by atoms with Crippen LogP contribution < -0.4 is 37.6 Å². The van der Waals surface area contributed by atoms with Crippen molar-refractivity contribution < 1.29 is 38.1 Å². The van der Waals surface area contributed by atoms with Crippen molar-refractivity contribution in [3.8, 4) is 0 Å². The predicted molar refractivity (Wildman–Crippen MR) is 610 cm³/mol. The van der Waals surface area contributed by atoms with Crippen molar-refractivity contribution in [3.05, 3.63) is 0 Å². The Morgan fingerprint density at radius 2 is 0.722 bits per heavy atom. The number of nitrogens with one attached hydrogen (secondary N) is 7. The van der Waals surface area contributed by atoms with Gasteiger partial charge in [0.2, 0.25) is 6.40 Å². The topological polar surface area (TPSA) is 257 Å². The third-order valence-electron chi connectivity index (χ3n) is 9.44. The van der Waals surface area contributed by atoms with Gasteiger partial charge < -0.3 is 54.5 Å². The summed E-state index contributed by atoms with van der Waals surface area (Å²) in [5, 5.41) is 24.4. The van der Waals surface area contributed by atoms with Crippen LogP contribution in [0, 0.1) is 0 Å². The van der Waals surface area contributed by atoms with Gasteiger partial charge in [-0.25, -0.2) is 4.99 Å². The molecule has 7 N–H and O–H groups in total. The molecular formula is C99H249N15O8S4. The van der Waals surface area contributed by atoms with Gasteiger partial charge in [-0.15, -0.1) is 16.9 Å². The monoisotopic (exact) mass is 1900 g/mol. The molecule has 13 aliphatic rings. The van der Waals surface area contributed by atoms with Crippen molar-refractivity contribution in [2.45, 2.75) is 450 Å². The number of hydrogen-bond donors (Lipinski definition) is 7. The minimum atomic E-state index is 0.278. The maximum atomic E-state index is 4.92. The fourth-order valence-electron chi connectivity index (χ4n) is 5.71. The number of ether oxygens (including phenoxy) is 6. The average Bonchev–Trinajstić information content (AvgIpc) is 2.16. The smallest absolute Gasteiger partial charge is 0.257 e. The van der Waals surface area contributed by atoms with Crippen LogP contribution in [0.15, 0.2) is 40.3 Å². The Morgan fingerprint density at radius 1 is 0.286 bits per heavy atom. The fraction of sp³-hybridized carbons (Fsp3) is 0.919. The molecule has 0 bridgehead atoms. The van der Waals surface area contributed by atoms with Crippen LogP contribution in [-0.4, -0.2) is 209 Å². The molecule has 1 aliphatic carbocycles. The number of aliphatic imine (C=N–C) groups is 5. The largest absolute Gasteiger partial charge is 0.483 e. The van der Waals surface area contributed by atoms with Gasteiger partial charge in [-0.2, -0.15) is 28.6 Å². The quantitative estimate of drug-likeness (QED) is 0.119. The van der Waals surface area contributed by atoms with Gasteiger partial charge in [-0.1, -0.05) is 422 Å². The Balaban J connectivity index is -0.0000000344. The SMILES string of the molecule is C1=NCCCN1.C1=NCCCO1.C1=NCCCS1.C1=NCCOC1.C1=NCON1.C1=NNCO1.C1=NNCS1.C1=NOCO1.C1CCCCC1.C1CCNCC1.C1CNCCN1.C1COCOC1.C1CSCSC1.CC.CC.CC.CC.CC.CC.CC.CC.CC.CC.CC.CC.CC.CC.CC.CC.CC.CC.CC.CC.CC.CC.CC.CC.CC.CC. The first-order chi connectivity index (χ1) is 63.0. The van der Waals surface area contributed by atoms with E-state index >= 15 is 0 Å². The average molecular weight is 1910 g/mol. The molecule has 23 nitrogen and oxygen atoms in total. The van der Waals surface area contributed by atoms with Gasteiger partial charge in [-0.3, -0.25) is 41.1 Å². The van der Waals surface area contributed by atoms with E-state index in [0.29, 0.717) is 26.9 Å². The highest BCUT2D eigenvalue weighted by Crippen LogP contribution is 2.20. The molecule has 27 heteroatoms. The summed E-state index contributed by atoms with van der Waals surface area (Å²) in [6, 6.07) is 0. The van der Waals surface area contributed by atoms with Crippen molar-refractivity contribution in [2.75, 3.05) is 160 Å². The van der Waals surface area contributed by atoms with E-state index in [-0.39, 0.29) is 6.79 Å². The first-order valence-electron chi connectivity index (χ1n) is 52.2. The lowest BCUT2D eigenvalue weighted by Gasteiger charge is -2.11. The normalized spacial score (nSPS) is 13.8. The molecule has 792 valence electrons. The molecule has 0 aromatic heterocycles. The van der Waals surface area contributed by atoms with Crippen molar-refractivity contribution >= 4 is 96.2 Å². The van der Waals surface area contributed by atoms with Crippen molar-refractivity contribution in [1.29, 1.82) is 0 Å². The zero-order valence-corrected chi connectivity index (χ0v) is 99.4. The van der Waals surface area contributed by atoms with Crippen LogP contribution in [0.3, 0.4) is 0 Å². The Labute approximate surface area is 817 Å². The van der Waals surface area contributed by atoms with Crippen molar-refractivity contribution in [3.63, 3.8) is 0 Å². The molecule has 0 spiro atoms. The van der Waals surface area contributed by atoms with Crippen LogP contribution in [0.25, 0.3) is 0 Å². The van der Waals surface area contributed by atoms with E-state index in [1.54, 1.807) is 41.6 Å². The molecule has 0 aromatic carbocycles. The van der Waals surface area contributed by atoms with Crippen LogP contribution in [0.1, 0.15) is 450 Å². The lowest BCUT2D eigenvalue weighted by Crippen LogP contribution is -2.39. The summed E-state index contributed by atoms with van der Waals surface area (Å²) in [5.74, 6) is 5.00. The summed E-state index contributed by atoms with van der Waals surface area (Å²) >= 11 is 7.59. The second kappa shape index (κ2) is 354. The van der Waals surface area contributed by atoms with Gasteiger partial charge in [0.25, 0.3) is 6.79 Å². The Hall–Kier alpha value is -3.12. The van der Waals surface area contributed by atoms with E-state index in [2.05, 4.69) is 121 Å². The van der Waals surface area contributed by atoms with E-state index in [9.17, 15) is 0 Å². The van der Waals surface area contributed by atoms with Gasteiger partial charge in [0.15, 0.2) is 26.3 Å². The number of nitrogens with zero attached hydrogens (tertiary/aromatic N) is 8. The Kier molecular flexibility index (Phi) is 547. The lowest BCUT2D eigenvalue weighted by atomic mass is 10.0. The summed E-state index contributed by atoms with van der Waals surface area (Å²) < 4.78 is 28.4. The number of hydrogen-bond acceptors (Lipinski definition) is 27. The minimum absolute atomic E-state index is 0.278. The number of hydrazone groups is 2. The molecule has 0 atom stereocenters. The highest BCUT2D eigenvalue weighted by Gasteiger charge is 1.98. The van der Waals surface area contributed by atoms with E-state index < -0.39 is 0 Å². The maximum absolute atomic E-state index is 4.92. The second-order valence-corrected chi connectivity index (χ2v) is 20.1. The van der Waals surface area contributed by atoms with Crippen molar-refractivity contribution in [1.82, 2.24) is 37.6 Å². The molecule has 126 heavy (non-hydrogen) atoms. The van der Waals surface area contributed by atoms with Crippen molar-refractivity contribution in [2.24, 2.45) is 40.3 Å². The number of hydroxylamine groups is 1. The van der Waals surface area contributed by atoms with E-state index in [1.165, 1.54) is 138 Å². The second-order valence-electron chi connectivity index (χ2n) is 15.7. The van der Waals surface area contributed by atoms with Gasteiger partial charge in [0, 0.05) is 75.8 Å². The van der Waals surface area contributed by atoms with E-state index in [1.807, 2.05) is 366 Å². The van der Waals surface area contributed by atoms with Gasteiger partial charge >= 0.3 is 0 Å². The third kappa shape index (κ3) is 346. The van der Waals surface area contributed by atoms with Crippen LogP contribution in [0.4, 0.5) is 0 Å². The molecular weight excluding hydrogens is 1660 g/mol. The number of rotatable bonds is 0. The van der Waals surface area contributed by atoms with Gasteiger partial charge in [-0.05, 0) is 63.1 Å². The zero-order valence-electron chi connectivity index (χ0n) is 96.2. The molecule has 12 heterocycles. The van der Waals surface area contributed by atoms with Crippen LogP contribution in [0.2, 0.25) is 0 Å². The molecule has 4 saturated heterocycles. The van der Waals surface area contributed by atoms with Crippen LogP contribution >= 0.6 is 47.0 Å². The van der Waals surface area contributed by atoms with Crippen LogP contribution in [0.5, 0.6) is 0 Å². The standard InChI is InChI=1S/C6H12.C5H11N.C4H10N2.C4H8N2.2C4H7NO.C4H7NS.C4H8O2.C4H8S2.2C2H4N2O.C2H4N2S.C2H3NO2.26C2H6/c2*1-2-4-6-5-3-1;1-2-6-4-3-5-1;1-2-5-4-6-3-1;1-3-6-4-2-5-1;4*1-2-5-4-6-3-1;1-3-4-2-5-1;1-3-2-5-4-1;1-3-4-2-5-1;1-3-5-2-4-1;26*1-2/h1-6H2;6H,1-5H2;5-6H,1-4H2;4H,1-3H2,(H,5,6);1H,2-4H2;2*4H,1-3H2;2*1-4H2;1,4H,2H2;1H,2H2,(H,3,4);1,4H,2H2;1H,2H2;26*1-2H3. The Bertz CT molecular complexity index is 1060.